The Hall–Kier alpha value is -1.77. The van der Waals surface area contributed by atoms with Crippen LogP contribution in [-0.4, -0.2) is 14.7 Å². The number of fused-ring (bicyclic) bond motifs is 1. The normalized spacial score (nSPS) is 19.0. The molecule has 0 saturated heterocycles. The summed E-state index contributed by atoms with van der Waals surface area (Å²) < 4.78 is 1.94. The molecule has 1 aromatic carbocycles. The van der Waals surface area contributed by atoms with Gasteiger partial charge >= 0.3 is 0 Å². The van der Waals surface area contributed by atoms with E-state index in [1.807, 2.05) is 11.6 Å². The molecule has 2 aromatic rings. The van der Waals surface area contributed by atoms with Crippen LogP contribution in [0.15, 0.2) is 30.5 Å². The third-order valence-electron chi connectivity index (χ3n) is 3.61. The molecule has 1 heterocycles. The van der Waals surface area contributed by atoms with Crippen LogP contribution in [0, 0.1) is 0 Å². The molecule has 0 amide bonds. The summed E-state index contributed by atoms with van der Waals surface area (Å²) in [6.45, 7) is 0. The second-order valence-electron chi connectivity index (χ2n) is 4.78. The number of aromatic hydroxyl groups is 1. The van der Waals surface area contributed by atoms with Gasteiger partial charge in [-0.2, -0.15) is 4.98 Å². The van der Waals surface area contributed by atoms with E-state index in [0.29, 0.717) is 5.92 Å². The largest absolute Gasteiger partial charge is 0.492 e. The van der Waals surface area contributed by atoms with Crippen LogP contribution >= 0.6 is 0 Å². The minimum atomic E-state index is 0.126. The van der Waals surface area contributed by atoms with Gasteiger partial charge in [0, 0.05) is 13.0 Å². The van der Waals surface area contributed by atoms with E-state index in [1.165, 1.54) is 11.1 Å². The Morgan fingerprint density at radius 1 is 1.29 bits per heavy atom. The number of rotatable bonds is 1. The van der Waals surface area contributed by atoms with E-state index in [-0.39, 0.29) is 5.88 Å². The minimum Gasteiger partial charge on any atom is -0.492 e. The molecule has 1 aliphatic carbocycles. The third kappa shape index (κ3) is 1.82. The molecule has 3 rings (SSSR count). The van der Waals surface area contributed by atoms with Gasteiger partial charge in [0.05, 0.1) is 6.20 Å². The van der Waals surface area contributed by atoms with Crippen molar-refractivity contribution in [2.75, 3.05) is 0 Å². The summed E-state index contributed by atoms with van der Waals surface area (Å²) in [5.74, 6) is 1.55. The van der Waals surface area contributed by atoms with E-state index in [1.54, 1.807) is 6.20 Å². The summed E-state index contributed by atoms with van der Waals surface area (Å²) in [6.07, 6.45) is 4.92. The monoisotopic (exact) mass is 228 g/mol. The Labute approximate surface area is 101 Å². The maximum absolute atomic E-state index is 9.43. The van der Waals surface area contributed by atoms with Crippen molar-refractivity contribution in [3.63, 3.8) is 0 Å². The smallest absolute Gasteiger partial charge is 0.229 e. The zero-order chi connectivity index (χ0) is 11.8. The molecule has 0 fully saturated rings. The SMILES string of the molecule is Cn1cc(O)nc1C1CCc2ccccc2C1. The molecule has 1 N–H and O–H groups in total. The van der Waals surface area contributed by atoms with Gasteiger partial charge in [-0.3, -0.25) is 0 Å². The summed E-state index contributed by atoms with van der Waals surface area (Å²) in [4.78, 5) is 4.23. The van der Waals surface area contributed by atoms with Crippen molar-refractivity contribution in [3.8, 4) is 5.88 Å². The zero-order valence-corrected chi connectivity index (χ0v) is 9.93. The van der Waals surface area contributed by atoms with Gasteiger partial charge < -0.3 is 9.67 Å². The highest BCUT2D eigenvalue weighted by Gasteiger charge is 2.23. The lowest BCUT2D eigenvalue weighted by molar-refractivity contribution is 0.452. The van der Waals surface area contributed by atoms with Gasteiger partial charge in [0.15, 0.2) is 0 Å². The molecule has 0 aliphatic heterocycles. The molecule has 17 heavy (non-hydrogen) atoms. The van der Waals surface area contributed by atoms with Crippen molar-refractivity contribution >= 4 is 0 Å². The Balaban J connectivity index is 1.92. The van der Waals surface area contributed by atoms with Crippen LogP contribution in [0.3, 0.4) is 0 Å². The number of hydrogen-bond acceptors (Lipinski definition) is 2. The van der Waals surface area contributed by atoms with E-state index in [9.17, 15) is 5.11 Å². The molecule has 3 heteroatoms. The zero-order valence-electron chi connectivity index (χ0n) is 9.93. The number of nitrogens with zero attached hydrogens (tertiary/aromatic N) is 2. The van der Waals surface area contributed by atoms with Gasteiger partial charge in [-0.15, -0.1) is 0 Å². The van der Waals surface area contributed by atoms with E-state index < -0.39 is 0 Å². The van der Waals surface area contributed by atoms with E-state index in [0.717, 1.165) is 25.1 Å². The topological polar surface area (TPSA) is 38.0 Å². The molecular formula is C14H16N2O. The fourth-order valence-electron chi connectivity index (χ4n) is 2.76. The van der Waals surface area contributed by atoms with Crippen LogP contribution in [0.25, 0.3) is 0 Å². The summed E-state index contributed by atoms with van der Waals surface area (Å²) in [5.41, 5.74) is 2.88. The fraction of sp³-hybridized carbons (Fsp3) is 0.357. The molecule has 0 bridgehead atoms. The van der Waals surface area contributed by atoms with Gasteiger partial charge in [0.1, 0.15) is 5.82 Å². The Kier molecular flexibility index (Phi) is 2.39. The molecule has 0 radical (unpaired) electrons. The first kappa shape index (κ1) is 10.4. The lowest BCUT2D eigenvalue weighted by Gasteiger charge is -2.23. The van der Waals surface area contributed by atoms with Crippen molar-refractivity contribution < 1.29 is 5.11 Å². The lowest BCUT2D eigenvalue weighted by atomic mass is 9.83. The summed E-state index contributed by atoms with van der Waals surface area (Å²) in [7, 11) is 1.95. The number of aryl methyl sites for hydroxylation is 2. The highest BCUT2D eigenvalue weighted by Crippen LogP contribution is 2.32. The van der Waals surface area contributed by atoms with Crippen LogP contribution in [0.2, 0.25) is 0 Å². The molecule has 1 aromatic heterocycles. The molecule has 0 saturated carbocycles. The van der Waals surface area contributed by atoms with Gasteiger partial charge in [0.2, 0.25) is 5.88 Å². The van der Waals surface area contributed by atoms with Gasteiger partial charge in [-0.25, -0.2) is 0 Å². The average Bonchev–Trinajstić information content (AvgIpc) is 2.68. The molecular weight excluding hydrogens is 212 g/mol. The second-order valence-corrected chi connectivity index (χ2v) is 4.78. The van der Waals surface area contributed by atoms with E-state index >= 15 is 0 Å². The quantitative estimate of drug-likeness (QED) is 0.814. The van der Waals surface area contributed by atoms with Crippen molar-refractivity contribution in [1.82, 2.24) is 9.55 Å². The molecule has 1 aliphatic rings. The first-order valence-electron chi connectivity index (χ1n) is 6.03. The molecule has 0 spiro atoms. The lowest BCUT2D eigenvalue weighted by Crippen LogP contribution is -2.15. The van der Waals surface area contributed by atoms with Gasteiger partial charge in [-0.1, -0.05) is 24.3 Å². The first-order chi connectivity index (χ1) is 8.24. The Bertz CT molecular complexity index is 545. The Morgan fingerprint density at radius 2 is 2.06 bits per heavy atom. The average molecular weight is 228 g/mol. The molecule has 1 atom stereocenters. The molecule has 88 valence electrons. The number of hydrogen-bond donors (Lipinski definition) is 1. The maximum Gasteiger partial charge on any atom is 0.229 e. The van der Waals surface area contributed by atoms with Crippen LogP contribution in [0.1, 0.15) is 29.3 Å². The predicted molar refractivity (Wildman–Crippen MR) is 66.1 cm³/mol. The summed E-state index contributed by atoms with van der Waals surface area (Å²) in [5, 5.41) is 9.43. The van der Waals surface area contributed by atoms with Crippen LogP contribution in [0.4, 0.5) is 0 Å². The third-order valence-corrected chi connectivity index (χ3v) is 3.61. The Morgan fingerprint density at radius 3 is 2.76 bits per heavy atom. The van der Waals surface area contributed by atoms with Crippen LogP contribution in [0.5, 0.6) is 5.88 Å². The number of imidazole rings is 1. The number of benzene rings is 1. The maximum atomic E-state index is 9.43. The van der Waals surface area contributed by atoms with Crippen LogP contribution < -0.4 is 0 Å². The molecule has 3 nitrogen and oxygen atoms in total. The highest BCUT2D eigenvalue weighted by molar-refractivity contribution is 5.32. The first-order valence-corrected chi connectivity index (χ1v) is 6.03. The predicted octanol–water partition coefficient (Wildman–Crippen LogP) is 2.40. The van der Waals surface area contributed by atoms with Gasteiger partial charge in [0.25, 0.3) is 0 Å². The van der Waals surface area contributed by atoms with E-state index in [4.69, 9.17) is 0 Å². The second kappa shape index (κ2) is 3.91. The van der Waals surface area contributed by atoms with Crippen molar-refractivity contribution in [2.24, 2.45) is 7.05 Å². The highest BCUT2D eigenvalue weighted by atomic mass is 16.3. The standard InChI is InChI=1S/C14H16N2O/c1-16-9-13(17)15-14(16)12-7-6-10-4-2-3-5-11(10)8-12/h2-5,9,12,17H,6-8H2,1H3. The van der Waals surface area contributed by atoms with Crippen molar-refractivity contribution in [2.45, 2.75) is 25.2 Å². The molecule has 1 unspecified atom stereocenters. The number of aromatic nitrogens is 2. The van der Waals surface area contributed by atoms with Gasteiger partial charge in [-0.05, 0) is 30.4 Å². The van der Waals surface area contributed by atoms with Crippen molar-refractivity contribution in [1.29, 1.82) is 0 Å². The minimum absolute atomic E-state index is 0.126. The summed E-state index contributed by atoms with van der Waals surface area (Å²) in [6, 6.07) is 8.61. The van der Waals surface area contributed by atoms with Crippen molar-refractivity contribution in [3.05, 3.63) is 47.4 Å². The van der Waals surface area contributed by atoms with E-state index in [2.05, 4.69) is 29.2 Å². The fourth-order valence-corrected chi connectivity index (χ4v) is 2.76. The summed E-state index contributed by atoms with van der Waals surface area (Å²) >= 11 is 0. The van der Waals surface area contributed by atoms with Crippen LogP contribution in [-0.2, 0) is 19.9 Å².